The van der Waals surface area contributed by atoms with Gasteiger partial charge < -0.3 is 5.11 Å². The molecule has 0 saturated heterocycles. The van der Waals surface area contributed by atoms with Crippen molar-refractivity contribution in [1.29, 1.82) is 0 Å². The van der Waals surface area contributed by atoms with E-state index in [0.717, 1.165) is 21.1 Å². The van der Waals surface area contributed by atoms with Crippen LogP contribution >= 0.6 is 15.9 Å². The minimum Gasteiger partial charge on any atom is -0.505 e. The Balaban J connectivity index is 2.08. The lowest BCUT2D eigenvalue weighted by atomic mass is 9.80. The minimum atomic E-state index is -0.199. The SMILES string of the molecule is C=C(/C(O)=C(\C=C(/C)C(C)(C)C)C(C)(C)C)n1n2c3ccc(Br)cc3n12. The lowest BCUT2D eigenvalue weighted by molar-refractivity contribution is 0.396. The van der Waals surface area contributed by atoms with E-state index in [4.69, 9.17) is 0 Å². The number of fused-ring (bicyclic) bond motifs is 4. The van der Waals surface area contributed by atoms with Crippen LogP contribution in [0.1, 0.15) is 48.5 Å². The number of aliphatic hydroxyl groups is 1. The third-order valence-corrected chi connectivity index (χ3v) is 5.49. The van der Waals surface area contributed by atoms with Gasteiger partial charge in [0.15, 0.2) is 0 Å². The van der Waals surface area contributed by atoms with Gasteiger partial charge >= 0.3 is 0 Å². The van der Waals surface area contributed by atoms with Gasteiger partial charge in [-0.25, -0.2) is 0 Å². The topological polar surface area (TPSA) is 34.0 Å². The van der Waals surface area contributed by atoms with Gasteiger partial charge in [-0.1, -0.05) is 75.7 Å². The van der Waals surface area contributed by atoms with Gasteiger partial charge in [0.2, 0.25) is 0 Å². The van der Waals surface area contributed by atoms with Crippen LogP contribution < -0.4 is 0 Å². The van der Waals surface area contributed by atoms with Gasteiger partial charge in [0.1, 0.15) is 22.5 Å². The summed E-state index contributed by atoms with van der Waals surface area (Å²) < 4.78 is 5.03. The molecule has 0 atom stereocenters. The normalized spacial score (nSPS) is 15.3. The van der Waals surface area contributed by atoms with Gasteiger partial charge in [0.25, 0.3) is 0 Å². The summed E-state index contributed by atoms with van der Waals surface area (Å²) in [4.78, 5) is 1.90. The molecule has 26 heavy (non-hydrogen) atoms. The summed E-state index contributed by atoms with van der Waals surface area (Å²) in [6, 6.07) is 6.13. The van der Waals surface area contributed by atoms with Crippen molar-refractivity contribution < 1.29 is 5.11 Å². The predicted octanol–water partition coefficient (Wildman–Crippen LogP) is 6.52. The van der Waals surface area contributed by atoms with Crippen molar-refractivity contribution in [2.24, 2.45) is 10.8 Å². The molecule has 2 aromatic heterocycles. The molecular formula is C21H28BrN3O. The van der Waals surface area contributed by atoms with E-state index in [1.165, 1.54) is 5.57 Å². The van der Waals surface area contributed by atoms with Gasteiger partial charge in [-0.3, -0.25) is 0 Å². The molecule has 140 valence electrons. The van der Waals surface area contributed by atoms with Gasteiger partial charge in [0, 0.05) is 10.0 Å². The molecule has 0 spiro atoms. The molecule has 0 aliphatic rings. The number of aliphatic hydroxyl groups excluding tert-OH is 1. The number of aromatic nitrogens is 3. The Bertz CT molecular complexity index is 1040. The van der Waals surface area contributed by atoms with Crippen molar-refractivity contribution in [1.82, 2.24) is 14.1 Å². The molecule has 4 nitrogen and oxygen atoms in total. The highest BCUT2D eigenvalue weighted by Crippen LogP contribution is 2.37. The first-order chi connectivity index (χ1) is 11.8. The summed E-state index contributed by atoms with van der Waals surface area (Å²) in [5.41, 5.74) is 4.77. The number of benzene rings is 1. The highest BCUT2D eigenvalue weighted by molar-refractivity contribution is 9.10. The van der Waals surface area contributed by atoms with Gasteiger partial charge in [-0.15, -0.1) is 14.1 Å². The first-order valence-corrected chi connectivity index (χ1v) is 9.65. The maximum absolute atomic E-state index is 11.1. The van der Waals surface area contributed by atoms with E-state index in [1.807, 2.05) is 20.1 Å². The van der Waals surface area contributed by atoms with Crippen LogP contribution in [-0.4, -0.2) is 19.2 Å². The lowest BCUT2D eigenvalue weighted by Crippen LogP contribution is -2.15. The Morgan fingerprint density at radius 2 is 1.62 bits per heavy atom. The Morgan fingerprint density at radius 1 is 1.04 bits per heavy atom. The second-order valence-electron chi connectivity index (χ2n) is 9.04. The smallest absolute Gasteiger partial charge is 0.146 e. The summed E-state index contributed by atoms with van der Waals surface area (Å²) in [7, 11) is 0. The summed E-state index contributed by atoms with van der Waals surface area (Å²) in [6.07, 6.45) is 2.11. The molecule has 0 aliphatic carbocycles. The second-order valence-corrected chi connectivity index (χ2v) is 9.95. The maximum Gasteiger partial charge on any atom is 0.146 e. The summed E-state index contributed by atoms with van der Waals surface area (Å²) >= 11 is 3.50. The fourth-order valence-corrected chi connectivity index (χ4v) is 3.22. The average Bonchev–Trinajstić information content (AvgIpc) is 3.16. The van der Waals surface area contributed by atoms with Crippen LogP contribution in [0.2, 0.25) is 0 Å². The van der Waals surface area contributed by atoms with E-state index in [0.29, 0.717) is 5.70 Å². The lowest BCUT2D eigenvalue weighted by Gasteiger charge is -2.26. The standard InChI is InChI=1S/C21H28BrN3O/c1-13(20(3,4)5)11-16(21(6,7)8)19(26)14(2)23-24-17-10-9-15(22)12-18(17)25(23)24/h9-12,26H,2H2,1,3-8H3/b13-11+,19-16-. The zero-order valence-corrected chi connectivity index (χ0v) is 18.3. The number of nitrogens with zero attached hydrogens (tertiary/aromatic N) is 3. The number of halogens is 1. The van der Waals surface area contributed by atoms with Crippen molar-refractivity contribution in [3.8, 4) is 0 Å². The fraction of sp³-hybridized carbons (Fsp3) is 0.429. The van der Waals surface area contributed by atoms with Crippen LogP contribution in [0.4, 0.5) is 0 Å². The van der Waals surface area contributed by atoms with Crippen molar-refractivity contribution in [2.45, 2.75) is 48.5 Å². The van der Waals surface area contributed by atoms with Crippen molar-refractivity contribution in [3.05, 3.63) is 52.2 Å². The van der Waals surface area contributed by atoms with Gasteiger partial charge in [0.05, 0.1) is 0 Å². The van der Waals surface area contributed by atoms with Gasteiger partial charge in [-0.2, -0.15) is 0 Å². The predicted molar refractivity (Wildman–Crippen MR) is 113 cm³/mol. The number of allylic oxidation sites excluding steroid dienone is 4. The molecule has 0 unspecified atom stereocenters. The molecule has 0 bridgehead atoms. The highest BCUT2D eigenvalue weighted by atomic mass is 79.9. The van der Waals surface area contributed by atoms with E-state index < -0.39 is 0 Å². The molecule has 1 aromatic carbocycles. The number of hydrogen-bond acceptors (Lipinski definition) is 1. The Kier molecular flexibility index (Phi) is 4.22. The molecule has 1 N–H and O–H groups in total. The largest absolute Gasteiger partial charge is 0.505 e. The Hall–Kier alpha value is -1.88. The van der Waals surface area contributed by atoms with Crippen molar-refractivity contribution in [2.75, 3.05) is 0 Å². The summed E-state index contributed by atoms with van der Waals surface area (Å²) in [5.74, 6) is 0.237. The Morgan fingerprint density at radius 3 is 2.15 bits per heavy atom. The van der Waals surface area contributed by atoms with Crippen LogP contribution in [0, 0.1) is 10.8 Å². The van der Waals surface area contributed by atoms with Crippen molar-refractivity contribution >= 4 is 32.7 Å². The molecule has 0 fully saturated rings. The molecule has 2 heterocycles. The van der Waals surface area contributed by atoms with E-state index in [2.05, 4.69) is 89.2 Å². The second kappa shape index (κ2) is 5.81. The fourth-order valence-electron chi connectivity index (χ4n) is 2.87. The van der Waals surface area contributed by atoms with Crippen LogP contribution in [-0.2, 0) is 0 Å². The van der Waals surface area contributed by atoms with E-state index in [1.54, 1.807) is 0 Å². The quantitative estimate of drug-likeness (QED) is 0.382. The molecule has 5 heteroatoms. The van der Waals surface area contributed by atoms with E-state index in [-0.39, 0.29) is 16.6 Å². The molecule has 3 aromatic rings. The first-order valence-electron chi connectivity index (χ1n) is 8.85. The molecule has 0 saturated carbocycles. The van der Waals surface area contributed by atoms with Crippen LogP contribution in [0.5, 0.6) is 0 Å². The summed E-state index contributed by atoms with van der Waals surface area (Å²) in [5, 5.41) is 11.1. The number of hydrogen-bond donors (Lipinski definition) is 1. The molecule has 3 rings (SSSR count). The van der Waals surface area contributed by atoms with Crippen LogP contribution in [0.25, 0.3) is 16.7 Å². The van der Waals surface area contributed by atoms with Crippen LogP contribution in [0.3, 0.4) is 0 Å². The molecular weight excluding hydrogens is 390 g/mol. The summed E-state index contributed by atoms with van der Waals surface area (Å²) in [6.45, 7) is 19.2. The van der Waals surface area contributed by atoms with Crippen molar-refractivity contribution in [3.63, 3.8) is 0 Å². The number of rotatable bonds is 3. The van der Waals surface area contributed by atoms with Crippen LogP contribution in [0.15, 0.2) is 52.2 Å². The minimum absolute atomic E-state index is 0.0481. The maximum atomic E-state index is 11.1. The zero-order chi connectivity index (χ0) is 19.6. The molecule has 0 amide bonds. The first kappa shape index (κ1) is 18.9. The van der Waals surface area contributed by atoms with E-state index in [9.17, 15) is 5.11 Å². The highest BCUT2D eigenvalue weighted by Gasteiger charge is 2.29. The zero-order valence-electron chi connectivity index (χ0n) is 16.7. The molecule has 0 radical (unpaired) electrons. The third-order valence-electron chi connectivity index (χ3n) is 5.00. The third kappa shape index (κ3) is 3.02. The van der Waals surface area contributed by atoms with E-state index >= 15 is 0 Å². The average molecular weight is 418 g/mol. The molecule has 0 aliphatic heterocycles. The Labute approximate surface area is 163 Å². The van der Waals surface area contributed by atoms with Gasteiger partial charge in [-0.05, 0) is 36.0 Å². The monoisotopic (exact) mass is 417 g/mol.